The van der Waals surface area contributed by atoms with Gasteiger partial charge in [-0.2, -0.15) is 0 Å². The normalized spacial score (nSPS) is 10.4. The molecule has 0 unspecified atom stereocenters. The Morgan fingerprint density at radius 2 is 1.73 bits per heavy atom. The summed E-state index contributed by atoms with van der Waals surface area (Å²) >= 11 is 0. The van der Waals surface area contributed by atoms with Gasteiger partial charge in [-0.15, -0.1) is 0 Å². The number of hydrogen-bond donors (Lipinski definition) is 1. The Balaban J connectivity index is 1.70. The molecule has 1 N–H and O–H groups in total. The molecule has 0 aliphatic carbocycles. The van der Waals surface area contributed by atoms with Crippen LogP contribution in [-0.4, -0.2) is 48.3 Å². The molecule has 172 valence electrons. The fourth-order valence-corrected chi connectivity index (χ4v) is 3.10. The van der Waals surface area contributed by atoms with Gasteiger partial charge in [0.25, 0.3) is 17.2 Å². The Kier molecular flexibility index (Phi) is 7.24. The van der Waals surface area contributed by atoms with Crippen molar-refractivity contribution in [3.8, 4) is 28.5 Å². The van der Waals surface area contributed by atoms with Crippen LogP contribution in [0.3, 0.4) is 0 Å². The SMILES string of the molecule is COc1ccc(-c2cc(=O)n(CCNC(=O)c3cc(OC)c(OC)cc3[N+](=O)[O-])cn2)cc1. The van der Waals surface area contributed by atoms with E-state index in [0.717, 1.165) is 11.6 Å². The van der Waals surface area contributed by atoms with E-state index < -0.39 is 16.5 Å². The number of nitrogens with one attached hydrogen (secondary N) is 1. The van der Waals surface area contributed by atoms with Crippen LogP contribution in [0, 0.1) is 10.1 Å². The summed E-state index contributed by atoms with van der Waals surface area (Å²) in [5.41, 5.74) is 0.353. The number of nitro groups is 1. The minimum Gasteiger partial charge on any atom is -0.497 e. The van der Waals surface area contributed by atoms with Crippen LogP contribution >= 0.6 is 0 Å². The molecule has 11 heteroatoms. The molecule has 0 saturated carbocycles. The molecule has 3 aromatic rings. The molecule has 1 heterocycles. The van der Waals surface area contributed by atoms with Gasteiger partial charge in [0.05, 0.1) is 44.3 Å². The van der Waals surface area contributed by atoms with Crippen molar-refractivity contribution in [3.05, 3.63) is 74.8 Å². The highest BCUT2D eigenvalue weighted by atomic mass is 16.6. The van der Waals surface area contributed by atoms with Gasteiger partial charge in [0, 0.05) is 30.8 Å². The van der Waals surface area contributed by atoms with Crippen molar-refractivity contribution in [1.82, 2.24) is 14.9 Å². The highest BCUT2D eigenvalue weighted by molar-refractivity contribution is 5.99. The van der Waals surface area contributed by atoms with Crippen LogP contribution < -0.4 is 25.1 Å². The Bertz CT molecular complexity index is 1220. The average Bonchev–Trinajstić information content (AvgIpc) is 2.83. The lowest BCUT2D eigenvalue weighted by atomic mass is 10.1. The standard InChI is InChI=1S/C22H22N4O7/c1-31-15-6-4-14(5-7-15)17-11-21(27)25(13-24-17)9-8-23-22(28)16-10-19(32-2)20(33-3)12-18(16)26(29)30/h4-7,10-13H,8-9H2,1-3H3,(H,23,28). The third kappa shape index (κ3) is 5.26. The zero-order valence-electron chi connectivity index (χ0n) is 18.2. The Morgan fingerprint density at radius 1 is 1.06 bits per heavy atom. The maximum atomic E-state index is 12.6. The van der Waals surface area contributed by atoms with Gasteiger partial charge in [-0.1, -0.05) is 0 Å². The molecule has 33 heavy (non-hydrogen) atoms. The van der Waals surface area contributed by atoms with Crippen molar-refractivity contribution in [3.63, 3.8) is 0 Å². The number of benzene rings is 2. The molecule has 2 aromatic carbocycles. The number of carbonyl (C=O) groups is 1. The van der Waals surface area contributed by atoms with Gasteiger partial charge in [0.2, 0.25) is 0 Å². The first kappa shape index (κ1) is 23.3. The first-order valence-electron chi connectivity index (χ1n) is 9.77. The second-order valence-corrected chi connectivity index (χ2v) is 6.77. The lowest BCUT2D eigenvalue weighted by Crippen LogP contribution is -2.31. The number of nitro benzene ring substituents is 1. The maximum absolute atomic E-state index is 12.6. The van der Waals surface area contributed by atoms with Crippen LogP contribution in [0.25, 0.3) is 11.3 Å². The van der Waals surface area contributed by atoms with Crippen LogP contribution in [0.1, 0.15) is 10.4 Å². The topological polar surface area (TPSA) is 135 Å². The third-order valence-corrected chi connectivity index (χ3v) is 4.85. The Hall–Kier alpha value is -4.41. The molecule has 1 amide bonds. The van der Waals surface area contributed by atoms with Gasteiger partial charge in [0.1, 0.15) is 11.3 Å². The van der Waals surface area contributed by atoms with E-state index in [4.69, 9.17) is 14.2 Å². The molecular formula is C22H22N4O7. The van der Waals surface area contributed by atoms with E-state index in [1.54, 1.807) is 31.4 Å². The highest BCUT2D eigenvalue weighted by Crippen LogP contribution is 2.34. The van der Waals surface area contributed by atoms with Crippen LogP contribution in [0.2, 0.25) is 0 Å². The highest BCUT2D eigenvalue weighted by Gasteiger charge is 2.24. The van der Waals surface area contributed by atoms with Crippen molar-refractivity contribution >= 4 is 11.6 Å². The summed E-state index contributed by atoms with van der Waals surface area (Å²) in [6.45, 7) is 0.176. The lowest BCUT2D eigenvalue weighted by molar-refractivity contribution is -0.385. The van der Waals surface area contributed by atoms with Crippen molar-refractivity contribution in [1.29, 1.82) is 0 Å². The molecule has 0 aliphatic rings. The molecule has 0 bridgehead atoms. The van der Waals surface area contributed by atoms with Gasteiger partial charge >= 0.3 is 0 Å². The number of amides is 1. The summed E-state index contributed by atoms with van der Waals surface area (Å²) in [6, 6.07) is 10.9. The molecule has 0 fully saturated rings. The molecule has 0 saturated heterocycles. The average molecular weight is 454 g/mol. The summed E-state index contributed by atoms with van der Waals surface area (Å²) in [5, 5.41) is 14.0. The second-order valence-electron chi connectivity index (χ2n) is 6.77. The van der Waals surface area contributed by atoms with Crippen molar-refractivity contribution in [2.45, 2.75) is 6.54 Å². The first-order valence-corrected chi connectivity index (χ1v) is 9.77. The molecule has 0 atom stereocenters. The largest absolute Gasteiger partial charge is 0.497 e. The molecule has 0 aliphatic heterocycles. The van der Waals surface area contributed by atoms with Crippen molar-refractivity contribution < 1.29 is 23.9 Å². The number of aromatic nitrogens is 2. The second kappa shape index (κ2) is 10.3. The smallest absolute Gasteiger partial charge is 0.286 e. The fourth-order valence-electron chi connectivity index (χ4n) is 3.10. The zero-order valence-corrected chi connectivity index (χ0v) is 18.2. The lowest BCUT2D eigenvalue weighted by Gasteiger charge is -2.11. The van der Waals surface area contributed by atoms with Crippen LogP contribution in [0.5, 0.6) is 17.2 Å². The number of methoxy groups -OCH3 is 3. The van der Waals surface area contributed by atoms with Gasteiger partial charge in [-0.3, -0.25) is 24.3 Å². The molecule has 1 aromatic heterocycles. The third-order valence-electron chi connectivity index (χ3n) is 4.85. The molecule has 0 spiro atoms. The number of ether oxygens (including phenoxy) is 3. The summed E-state index contributed by atoms with van der Waals surface area (Å²) in [7, 11) is 4.27. The number of rotatable bonds is 9. The van der Waals surface area contributed by atoms with Crippen molar-refractivity contribution in [2.24, 2.45) is 0 Å². The van der Waals surface area contributed by atoms with Gasteiger partial charge < -0.3 is 19.5 Å². The molecule has 11 nitrogen and oxygen atoms in total. The Morgan fingerprint density at radius 3 is 2.30 bits per heavy atom. The molecule has 3 rings (SSSR count). The zero-order chi connectivity index (χ0) is 24.0. The van der Waals surface area contributed by atoms with Crippen molar-refractivity contribution in [2.75, 3.05) is 27.9 Å². The fraction of sp³-hybridized carbons (Fsp3) is 0.227. The Labute approximate surface area is 188 Å². The van der Waals surface area contributed by atoms with E-state index in [1.165, 1.54) is 37.2 Å². The summed E-state index contributed by atoms with van der Waals surface area (Å²) in [5.74, 6) is 0.328. The van der Waals surface area contributed by atoms with Crippen LogP contribution in [-0.2, 0) is 6.54 Å². The summed E-state index contributed by atoms with van der Waals surface area (Å²) < 4.78 is 16.6. The maximum Gasteiger partial charge on any atom is 0.286 e. The minimum atomic E-state index is -0.682. The summed E-state index contributed by atoms with van der Waals surface area (Å²) in [6.07, 6.45) is 1.38. The predicted octanol–water partition coefficient (Wildman–Crippen LogP) is 2.27. The van der Waals surface area contributed by atoms with E-state index >= 15 is 0 Å². The van der Waals surface area contributed by atoms with Crippen LogP contribution in [0.15, 0.2) is 53.6 Å². The monoisotopic (exact) mass is 454 g/mol. The minimum absolute atomic E-state index is 0.0494. The molecular weight excluding hydrogens is 432 g/mol. The number of carbonyl (C=O) groups excluding carboxylic acids is 1. The van der Waals surface area contributed by atoms with E-state index in [-0.39, 0.29) is 35.7 Å². The quantitative estimate of drug-likeness (QED) is 0.384. The number of nitrogens with zero attached hydrogens (tertiary/aromatic N) is 3. The van der Waals surface area contributed by atoms with Gasteiger partial charge in [0.15, 0.2) is 11.5 Å². The molecule has 0 radical (unpaired) electrons. The van der Waals surface area contributed by atoms with Gasteiger partial charge in [-0.05, 0) is 24.3 Å². The van der Waals surface area contributed by atoms with E-state index in [0.29, 0.717) is 11.4 Å². The van der Waals surface area contributed by atoms with Crippen LogP contribution in [0.4, 0.5) is 5.69 Å². The number of hydrogen-bond acceptors (Lipinski definition) is 8. The van der Waals surface area contributed by atoms with E-state index in [2.05, 4.69) is 10.3 Å². The summed E-state index contributed by atoms with van der Waals surface area (Å²) in [4.78, 5) is 40.0. The van der Waals surface area contributed by atoms with E-state index in [1.807, 2.05) is 0 Å². The van der Waals surface area contributed by atoms with Gasteiger partial charge in [-0.25, -0.2) is 4.98 Å². The predicted molar refractivity (Wildman–Crippen MR) is 119 cm³/mol. The van der Waals surface area contributed by atoms with E-state index in [9.17, 15) is 19.7 Å². The first-order chi connectivity index (χ1) is 15.9.